The van der Waals surface area contributed by atoms with Gasteiger partial charge in [0.05, 0.1) is 19.7 Å². The Hall–Kier alpha value is -2.08. The first-order valence-electron chi connectivity index (χ1n) is 8.16. The minimum atomic E-state index is -0.379. The van der Waals surface area contributed by atoms with Crippen molar-refractivity contribution in [3.05, 3.63) is 24.3 Å². The molecule has 0 aromatic heterocycles. The Morgan fingerprint density at radius 2 is 1.79 bits per heavy atom. The molecular weight excluding hydrogens is 306 g/mol. The predicted octanol–water partition coefficient (Wildman–Crippen LogP) is 2.26. The Labute approximate surface area is 144 Å². The maximum absolute atomic E-state index is 12.3. The van der Waals surface area contributed by atoms with Gasteiger partial charge in [0.1, 0.15) is 5.75 Å². The number of likely N-dealkylation sites (N-methyl/N-ethyl adjacent to an activating group) is 1. The van der Waals surface area contributed by atoms with Gasteiger partial charge in [-0.2, -0.15) is 0 Å². The molecule has 0 saturated heterocycles. The van der Waals surface area contributed by atoms with Crippen molar-refractivity contribution in [2.75, 3.05) is 25.5 Å². The number of ether oxygens (including phenoxy) is 1. The van der Waals surface area contributed by atoms with E-state index in [0.717, 1.165) is 5.75 Å². The summed E-state index contributed by atoms with van der Waals surface area (Å²) in [5, 5.41) is 5.78. The fourth-order valence-electron chi connectivity index (χ4n) is 2.22. The smallest absolute Gasteiger partial charge is 0.238 e. The molecule has 0 spiro atoms. The molecule has 24 heavy (non-hydrogen) atoms. The second-order valence-corrected chi connectivity index (χ2v) is 6.75. The largest absolute Gasteiger partial charge is 0.497 e. The van der Waals surface area contributed by atoms with E-state index in [9.17, 15) is 9.59 Å². The first-order chi connectivity index (χ1) is 11.2. The minimum absolute atomic E-state index is 0.0819. The first kappa shape index (κ1) is 20.0. The third kappa shape index (κ3) is 6.58. The van der Waals surface area contributed by atoms with Crippen LogP contribution >= 0.6 is 0 Å². The molecular formula is C18H29N3O3. The van der Waals surface area contributed by atoms with Crippen molar-refractivity contribution in [2.45, 2.75) is 46.2 Å². The molecule has 1 aromatic rings. The summed E-state index contributed by atoms with van der Waals surface area (Å²) in [5.74, 6) is 0.495. The van der Waals surface area contributed by atoms with E-state index in [4.69, 9.17) is 4.74 Å². The number of carbonyl (C=O) groups excluding carboxylic acids is 2. The summed E-state index contributed by atoms with van der Waals surface area (Å²) in [5.41, 5.74) is 0.402. The molecule has 6 heteroatoms. The summed E-state index contributed by atoms with van der Waals surface area (Å²) >= 11 is 0. The van der Waals surface area contributed by atoms with Gasteiger partial charge >= 0.3 is 0 Å². The number of amides is 2. The molecule has 0 aliphatic carbocycles. The summed E-state index contributed by atoms with van der Waals surface area (Å²) in [7, 11) is 1.59. The third-order valence-corrected chi connectivity index (χ3v) is 3.55. The average molecular weight is 335 g/mol. The van der Waals surface area contributed by atoms with E-state index >= 15 is 0 Å². The molecule has 0 fully saturated rings. The van der Waals surface area contributed by atoms with Crippen LogP contribution in [0.5, 0.6) is 5.75 Å². The summed E-state index contributed by atoms with van der Waals surface area (Å²) < 4.78 is 5.09. The Balaban J connectivity index is 2.62. The third-order valence-electron chi connectivity index (χ3n) is 3.55. The monoisotopic (exact) mass is 335 g/mol. The van der Waals surface area contributed by atoms with Crippen LogP contribution in [0.15, 0.2) is 24.3 Å². The Kier molecular flexibility index (Phi) is 7.22. The van der Waals surface area contributed by atoms with E-state index in [1.807, 2.05) is 39.5 Å². The molecule has 1 atom stereocenters. The lowest BCUT2D eigenvalue weighted by atomic mass is 10.1. The van der Waals surface area contributed by atoms with Gasteiger partial charge in [0.15, 0.2) is 0 Å². The van der Waals surface area contributed by atoms with Crippen LogP contribution in [0.4, 0.5) is 5.69 Å². The Bertz CT molecular complexity index is 550. The lowest BCUT2D eigenvalue weighted by Gasteiger charge is -2.29. The molecule has 0 bridgehead atoms. The van der Waals surface area contributed by atoms with Gasteiger partial charge in [-0.15, -0.1) is 0 Å². The molecule has 6 nitrogen and oxygen atoms in total. The van der Waals surface area contributed by atoms with Crippen molar-refractivity contribution in [2.24, 2.45) is 0 Å². The molecule has 2 amide bonds. The Morgan fingerprint density at radius 1 is 1.21 bits per heavy atom. The van der Waals surface area contributed by atoms with Gasteiger partial charge in [-0.1, -0.05) is 6.92 Å². The standard InChI is InChI=1S/C18H29N3O3/c1-7-21(13(2)17(23)20-18(3,4)5)12-16(22)19-14-8-10-15(24-6)11-9-14/h8-11,13H,7,12H2,1-6H3,(H,19,22)(H,20,23). The van der Waals surface area contributed by atoms with E-state index in [0.29, 0.717) is 12.2 Å². The molecule has 134 valence electrons. The van der Waals surface area contributed by atoms with Crippen molar-refractivity contribution in [1.82, 2.24) is 10.2 Å². The number of rotatable bonds is 7. The van der Waals surface area contributed by atoms with Gasteiger partial charge < -0.3 is 15.4 Å². The number of anilines is 1. The van der Waals surface area contributed by atoms with Crippen LogP contribution in [0.25, 0.3) is 0 Å². The summed E-state index contributed by atoms with van der Waals surface area (Å²) in [6.07, 6.45) is 0. The highest BCUT2D eigenvalue weighted by atomic mass is 16.5. The van der Waals surface area contributed by atoms with Crippen LogP contribution in [0, 0.1) is 0 Å². The van der Waals surface area contributed by atoms with E-state index in [1.165, 1.54) is 0 Å². The van der Waals surface area contributed by atoms with Gasteiger partial charge in [0, 0.05) is 11.2 Å². The van der Waals surface area contributed by atoms with Crippen molar-refractivity contribution < 1.29 is 14.3 Å². The first-order valence-corrected chi connectivity index (χ1v) is 8.16. The molecule has 0 aliphatic rings. The average Bonchev–Trinajstić information content (AvgIpc) is 2.51. The van der Waals surface area contributed by atoms with E-state index < -0.39 is 0 Å². The van der Waals surface area contributed by atoms with Crippen molar-refractivity contribution in [3.8, 4) is 5.75 Å². The van der Waals surface area contributed by atoms with Crippen LogP contribution < -0.4 is 15.4 Å². The minimum Gasteiger partial charge on any atom is -0.497 e. The lowest BCUT2D eigenvalue weighted by Crippen LogP contribution is -2.52. The van der Waals surface area contributed by atoms with E-state index in [1.54, 1.807) is 31.4 Å². The maximum atomic E-state index is 12.3. The molecule has 0 saturated carbocycles. The van der Waals surface area contributed by atoms with Crippen LogP contribution in [0.1, 0.15) is 34.6 Å². The van der Waals surface area contributed by atoms with Gasteiger partial charge in [0.2, 0.25) is 11.8 Å². The summed E-state index contributed by atoms with van der Waals surface area (Å²) in [6, 6.07) is 6.75. The van der Waals surface area contributed by atoms with Crippen LogP contribution in [-0.4, -0.2) is 48.5 Å². The number of hydrogen-bond donors (Lipinski definition) is 2. The second kappa shape index (κ2) is 8.68. The van der Waals surface area contributed by atoms with Gasteiger partial charge in [-0.05, 0) is 58.5 Å². The van der Waals surface area contributed by atoms with Crippen molar-refractivity contribution in [3.63, 3.8) is 0 Å². The second-order valence-electron chi connectivity index (χ2n) is 6.75. The topological polar surface area (TPSA) is 70.7 Å². The fourth-order valence-corrected chi connectivity index (χ4v) is 2.22. The van der Waals surface area contributed by atoms with Crippen molar-refractivity contribution >= 4 is 17.5 Å². The molecule has 1 aromatic carbocycles. The molecule has 1 unspecified atom stereocenters. The fraction of sp³-hybridized carbons (Fsp3) is 0.556. The van der Waals surface area contributed by atoms with Crippen LogP contribution in [-0.2, 0) is 9.59 Å². The highest BCUT2D eigenvalue weighted by Gasteiger charge is 2.25. The zero-order valence-electron chi connectivity index (χ0n) is 15.5. The normalized spacial score (nSPS) is 12.6. The maximum Gasteiger partial charge on any atom is 0.238 e. The number of hydrogen-bond acceptors (Lipinski definition) is 4. The highest BCUT2D eigenvalue weighted by molar-refractivity contribution is 5.93. The number of methoxy groups -OCH3 is 1. The van der Waals surface area contributed by atoms with E-state index in [-0.39, 0.29) is 29.9 Å². The molecule has 2 N–H and O–H groups in total. The van der Waals surface area contributed by atoms with Gasteiger partial charge in [0.25, 0.3) is 0 Å². The van der Waals surface area contributed by atoms with Crippen LogP contribution in [0.2, 0.25) is 0 Å². The molecule has 1 rings (SSSR count). The Morgan fingerprint density at radius 3 is 2.25 bits per heavy atom. The highest BCUT2D eigenvalue weighted by Crippen LogP contribution is 2.15. The zero-order valence-corrected chi connectivity index (χ0v) is 15.5. The van der Waals surface area contributed by atoms with Crippen LogP contribution in [0.3, 0.4) is 0 Å². The predicted molar refractivity (Wildman–Crippen MR) is 96.2 cm³/mol. The summed E-state index contributed by atoms with van der Waals surface area (Å²) in [4.78, 5) is 26.3. The molecule has 0 heterocycles. The molecule has 0 aliphatic heterocycles. The number of carbonyl (C=O) groups is 2. The number of benzene rings is 1. The van der Waals surface area contributed by atoms with Crippen molar-refractivity contribution in [1.29, 1.82) is 0 Å². The van der Waals surface area contributed by atoms with Gasteiger partial charge in [-0.25, -0.2) is 0 Å². The number of nitrogens with zero attached hydrogens (tertiary/aromatic N) is 1. The summed E-state index contributed by atoms with van der Waals surface area (Å²) in [6.45, 7) is 10.3. The van der Waals surface area contributed by atoms with E-state index in [2.05, 4.69) is 10.6 Å². The lowest BCUT2D eigenvalue weighted by molar-refractivity contribution is -0.128. The van der Waals surface area contributed by atoms with Gasteiger partial charge in [-0.3, -0.25) is 14.5 Å². The number of nitrogens with one attached hydrogen (secondary N) is 2. The molecule has 0 radical (unpaired) electrons. The quantitative estimate of drug-likeness (QED) is 0.802. The zero-order chi connectivity index (χ0) is 18.3. The SMILES string of the molecule is CCN(CC(=O)Nc1ccc(OC)cc1)C(C)C(=O)NC(C)(C)C.